The van der Waals surface area contributed by atoms with E-state index in [9.17, 15) is 4.79 Å². The number of carbonyl (C=O) groups excluding carboxylic acids is 1. The highest BCUT2D eigenvalue weighted by atomic mass is 16.2. The molecule has 1 fully saturated rings. The van der Waals surface area contributed by atoms with Gasteiger partial charge >= 0.3 is 0 Å². The van der Waals surface area contributed by atoms with Gasteiger partial charge in [0.1, 0.15) is 0 Å². The van der Waals surface area contributed by atoms with E-state index in [2.05, 4.69) is 20.8 Å². The smallest absolute Gasteiger partial charge is 0.240 e. The van der Waals surface area contributed by atoms with Crippen LogP contribution in [-0.4, -0.2) is 47.9 Å². The van der Waals surface area contributed by atoms with Crippen LogP contribution in [0.5, 0.6) is 0 Å². The zero-order valence-electron chi connectivity index (χ0n) is 9.29. The molecule has 0 saturated carbocycles. The summed E-state index contributed by atoms with van der Waals surface area (Å²) < 4.78 is 0. The summed E-state index contributed by atoms with van der Waals surface area (Å²) in [5, 5.41) is 0. The van der Waals surface area contributed by atoms with Crippen LogP contribution in [0.25, 0.3) is 0 Å². The molecule has 0 aromatic rings. The molecule has 0 aromatic heterocycles. The molecule has 1 amide bonds. The van der Waals surface area contributed by atoms with E-state index in [4.69, 9.17) is 0 Å². The van der Waals surface area contributed by atoms with Gasteiger partial charge in [-0.05, 0) is 41.3 Å². The second-order valence-corrected chi connectivity index (χ2v) is 4.93. The number of likely N-dealkylation sites (N-methyl/N-ethyl adjacent to an activating group) is 1. The number of amides is 1. The van der Waals surface area contributed by atoms with Gasteiger partial charge in [0, 0.05) is 12.1 Å². The zero-order valence-corrected chi connectivity index (χ0v) is 9.29. The minimum atomic E-state index is -0.0259. The van der Waals surface area contributed by atoms with Crippen molar-refractivity contribution in [1.29, 1.82) is 0 Å². The molecule has 0 aromatic carbocycles. The van der Waals surface area contributed by atoms with Gasteiger partial charge in [-0.2, -0.15) is 0 Å². The highest BCUT2D eigenvalue weighted by Gasteiger charge is 2.38. The van der Waals surface area contributed by atoms with Crippen molar-refractivity contribution in [2.45, 2.75) is 38.8 Å². The molecule has 1 heterocycles. The van der Waals surface area contributed by atoms with Crippen LogP contribution in [0, 0.1) is 0 Å². The van der Waals surface area contributed by atoms with E-state index in [-0.39, 0.29) is 17.5 Å². The molecule has 1 aliphatic heterocycles. The molecule has 0 bridgehead atoms. The van der Waals surface area contributed by atoms with E-state index in [0.29, 0.717) is 0 Å². The lowest BCUT2D eigenvalue weighted by Gasteiger charge is -2.32. The van der Waals surface area contributed by atoms with Crippen molar-refractivity contribution in [3.63, 3.8) is 0 Å². The Labute approximate surface area is 80.7 Å². The predicted octanol–water partition coefficient (Wildman–Crippen LogP) is 0.947. The molecule has 1 saturated heterocycles. The molecule has 0 spiro atoms. The van der Waals surface area contributed by atoms with E-state index in [1.54, 1.807) is 0 Å². The number of likely N-dealkylation sites (tertiary alicyclic amines) is 1. The molecule has 76 valence electrons. The van der Waals surface area contributed by atoms with Crippen molar-refractivity contribution in [1.82, 2.24) is 9.80 Å². The molecular formula is C10H20N2O. The first-order chi connectivity index (χ1) is 5.84. The maximum Gasteiger partial charge on any atom is 0.240 e. The van der Waals surface area contributed by atoms with Gasteiger partial charge in [0.05, 0.1) is 6.04 Å². The standard InChI is InChI=1S/C10H20N2O/c1-10(2,3)12-7-6-8(9(12)13)11(4)5/h8H,6-7H2,1-5H3/t8-/m1/s1. The van der Waals surface area contributed by atoms with Crippen LogP contribution in [0.2, 0.25) is 0 Å². The third-order valence-electron chi connectivity index (χ3n) is 2.61. The number of carbonyl (C=O) groups is 1. The largest absolute Gasteiger partial charge is 0.336 e. The first-order valence-corrected chi connectivity index (χ1v) is 4.82. The van der Waals surface area contributed by atoms with Crippen molar-refractivity contribution >= 4 is 5.91 Å². The average molecular weight is 184 g/mol. The second kappa shape index (κ2) is 3.29. The minimum absolute atomic E-state index is 0.0259. The number of nitrogens with zero attached hydrogens (tertiary/aromatic N) is 2. The van der Waals surface area contributed by atoms with Crippen LogP contribution < -0.4 is 0 Å². The van der Waals surface area contributed by atoms with Crippen molar-refractivity contribution < 1.29 is 4.79 Å². The first-order valence-electron chi connectivity index (χ1n) is 4.82. The Morgan fingerprint density at radius 3 is 2.15 bits per heavy atom. The van der Waals surface area contributed by atoms with Crippen LogP contribution >= 0.6 is 0 Å². The van der Waals surface area contributed by atoms with Gasteiger partial charge in [-0.15, -0.1) is 0 Å². The minimum Gasteiger partial charge on any atom is -0.336 e. The summed E-state index contributed by atoms with van der Waals surface area (Å²) in [6.07, 6.45) is 0.961. The number of rotatable bonds is 1. The fraction of sp³-hybridized carbons (Fsp3) is 0.900. The van der Waals surface area contributed by atoms with Crippen molar-refractivity contribution in [2.24, 2.45) is 0 Å². The Morgan fingerprint density at radius 1 is 1.38 bits per heavy atom. The highest BCUT2D eigenvalue weighted by molar-refractivity contribution is 5.84. The van der Waals surface area contributed by atoms with Crippen molar-refractivity contribution in [3.8, 4) is 0 Å². The molecule has 0 N–H and O–H groups in total. The summed E-state index contributed by atoms with van der Waals surface area (Å²) >= 11 is 0. The zero-order chi connectivity index (χ0) is 10.2. The Hall–Kier alpha value is -0.570. The van der Waals surface area contributed by atoms with Gasteiger partial charge in [0.25, 0.3) is 0 Å². The molecule has 1 rings (SSSR count). The number of hydrogen-bond donors (Lipinski definition) is 0. The molecule has 1 aliphatic rings. The number of hydrogen-bond acceptors (Lipinski definition) is 2. The van der Waals surface area contributed by atoms with E-state index in [1.807, 2.05) is 23.9 Å². The summed E-state index contributed by atoms with van der Waals surface area (Å²) in [7, 11) is 3.93. The van der Waals surface area contributed by atoms with Gasteiger partial charge in [-0.25, -0.2) is 0 Å². The van der Waals surface area contributed by atoms with E-state index < -0.39 is 0 Å². The van der Waals surface area contributed by atoms with Crippen LogP contribution in [0.15, 0.2) is 0 Å². The maximum absolute atomic E-state index is 11.9. The van der Waals surface area contributed by atoms with Crippen LogP contribution in [0.3, 0.4) is 0 Å². The SMILES string of the molecule is CN(C)[C@@H]1CCN(C(C)(C)C)C1=O. The first kappa shape index (κ1) is 10.5. The lowest BCUT2D eigenvalue weighted by Crippen LogP contribution is -2.46. The Bertz CT molecular complexity index is 205. The fourth-order valence-electron chi connectivity index (χ4n) is 1.81. The molecule has 1 atom stereocenters. The van der Waals surface area contributed by atoms with E-state index in [1.165, 1.54) is 0 Å². The Balaban J connectivity index is 2.72. The lowest BCUT2D eigenvalue weighted by molar-refractivity contribution is -0.135. The third kappa shape index (κ3) is 2.02. The monoisotopic (exact) mass is 184 g/mol. The van der Waals surface area contributed by atoms with Crippen LogP contribution in [0.4, 0.5) is 0 Å². The molecule has 3 nitrogen and oxygen atoms in total. The topological polar surface area (TPSA) is 23.6 Å². The van der Waals surface area contributed by atoms with Gasteiger partial charge in [-0.1, -0.05) is 0 Å². The lowest BCUT2D eigenvalue weighted by atomic mass is 10.1. The van der Waals surface area contributed by atoms with Gasteiger partial charge in [0.2, 0.25) is 5.91 Å². The summed E-state index contributed by atoms with van der Waals surface area (Å²) in [6.45, 7) is 7.15. The molecule has 3 heteroatoms. The van der Waals surface area contributed by atoms with E-state index in [0.717, 1.165) is 13.0 Å². The Kier molecular flexibility index (Phi) is 2.66. The van der Waals surface area contributed by atoms with E-state index >= 15 is 0 Å². The van der Waals surface area contributed by atoms with Gasteiger partial charge in [0.15, 0.2) is 0 Å². The van der Waals surface area contributed by atoms with Crippen LogP contribution in [0.1, 0.15) is 27.2 Å². The summed E-state index contributed by atoms with van der Waals surface area (Å²) in [4.78, 5) is 15.9. The van der Waals surface area contributed by atoms with Gasteiger partial charge in [-0.3, -0.25) is 9.69 Å². The highest BCUT2D eigenvalue weighted by Crippen LogP contribution is 2.23. The van der Waals surface area contributed by atoms with Crippen molar-refractivity contribution in [2.75, 3.05) is 20.6 Å². The predicted molar refractivity (Wildman–Crippen MR) is 53.6 cm³/mol. The molecular weight excluding hydrogens is 164 g/mol. The van der Waals surface area contributed by atoms with Crippen LogP contribution in [-0.2, 0) is 4.79 Å². The normalized spacial score (nSPS) is 24.6. The molecule has 0 radical (unpaired) electrons. The summed E-state index contributed by atoms with van der Waals surface area (Å²) in [5.74, 6) is 0.275. The quantitative estimate of drug-likeness (QED) is 0.605. The average Bonchev–Trinajstić information content (AvgIpc) is 2.28. The fourth-order valence-corrected chi connectivity index (χ4v) is 1.81. The molecule has 0 aliphatic carbocycles. The maximum atomic E-state index is 11.9. The molecule has 13 heavy (non-hydrogen) atoms. The summed E-state index contributed by atoms with van der Waals surface area (Å²) in [6, 6.07) is 0.0965. The third-order valence-corrected chi connectivity index (χ3v) is 2.61. The summed E-state index contributed by atoms with van der Waals surface area (Å²) in [5.41, 5.74) is -0.0259. The second-order valence-electron chi connectivity index (χ2n) is 4.93. The molecule has 0 unspecified atom stereocenters. The van der Waals surface area contributed by atoms with Gasteiger partial charge < -0.3 is 4.90 Å². The Morgan fingerprint density at radius 2 is 1.92 bits per heavy atom. The van der Waals surface area contributed by atoms with Crippen molar-refractivity contribution in [3.05, 3.63) is 0 Å².